The van der Waals surface area contributed by atoms with Crippen LogP contribution in [0.1, 0.15) is 11.7 Å². The van der Waals surface area contributed by atoms with Crippen LogP contribution in [0.3, 0.4) is 0 Å². The van der Waals surface area contributed by atoms with E-state index in [0.29, 0.717) is 17.2 Å². The highest BCUT2D eigenvalue weighted by Gasteiger charge is 2.23. The number of nitrogens with zero attached hydrogens (tertiary/aromatic N) is 2. The molecule has 0 bridgehead atoms. The summed E-state index contributed by atoms with van der Waals surface area (Å²) in [6, 6.07) is 12.4. The summed E-state index contributed by atoms with van der Waals surface area (Å²) in [5.74, 6) is 0.332. The maximum atomic E-state index is 12.0. The maximum absolute atomic E-state index is 12.0. The molecule has 7 heteroatoms. The molecular formula is C16H18N4O2S. The first kappa shape index (κ1) is 15.5. The number of aliphatic imine (C=N–C) groups is 1. The van der Waals surface area contributed by atoms with E-state index < -0.39 is 9.84 Å². The van der Waals surface area contributed by atoms with Gasteiger partial charge in [-0.15, -0.1) is 0 Å². The molecule has 0 spiro atoms. The highest BCUT2D eigenvalue weighted by molar-refractivity contribution is 7.90. The Kier molecular flexibility index (Phi) is 3.62. The lowest BCUT2D eigenvalue weighted by atomic mass is 10.00. The van der Waals surface area contributed by atoms with E-state index in [0.717, 1.165) is 11.1 Å². The number of sulfone groups is 1. The van der Waals surface area contributed by atoms with Crippen LogP contribution in [0, 0.1) is 0 Å². The molecule has 0 fully saturated rings. The number of hydrogen-bond donors (Lipinski definition) is 2. The van der Waals surface area contributed by atoms with Gasteiger partial charge in [-0.05, 0) is 17.7 Å². The van der Waals surface area contributed by atoms with Crippen molar-refractivity contribution in [1.29, 1.82) is 0 Å². The second-order valence-corrected chi connectivity index (χ2v) is 7.55. The first-order chi connectivity index (χ1) is 10.8. The zero-order chi connectivity index (χ0) is 16.8. The molecule has 1 aliphatic rings. The molecule has 0 aliphatic carbocycles. The zero-order valence-electron chi connectivity index (χ0n) is 12.9. The van der Waals surface area contributed by atoms with Gasteiger partial charge in [-0.25, -0.2) is 13.4 Å². The van der Waals surface area contributed by atoms with Gasteiger partial charge in [0, 0.05) is 24.4 Å². The fourth-order valence-electron chi connectivity index (χ4n) is 2.64. The van der Waals surface area contributed by atoms with E-state index in [2.05, 4.69) is 4.99 Å². The van der Waals surface area contributed by atoms with Crippen molar-refractivity contribution in [1.82, 2.24) is 4.90 Å². The van der Waals surface area contributed by atoms with Gasteiger partial charge in [-0.1, -0.05) is 30.3 Å². The van der Waals surface area contributed by atoms with Gasteiger partial charge >= 0.3 is 0 Å². The molecule has 2 aromatic carbocycles. The highest BCUT2D eigenvalue weighted by atomic mass is 32.2. The van der Waals surface area contributed by atoms with Gasteiger partial charge in [0.05, 0.1) is 10.6 Å². The minimum Gasteiger partial charge on any atom is -0.369 e. The Labute approximate surface area is 135 Å². The Hall–Kier alpha value is -2.38. The fraction of sp³-hybridized carbons (Fsp3) is 0.188. The van der Waals surface area contributed by atoms with E-state index in [1.807, 2.05) is 18.2 Å². The number of benzene rings is 2. The minimum atomic E-state index is -3.33. The summed E-state index contributed by atoms with van der Waals surface area (Å²) in [5.41, 5.74) is 14.9. The summed E-state index contributed by atoms with van der Waals surface area (Å²) in [5, 5.41) is 0. The van der Waals surface area contributed by atoms with Crippen molar-refractivity contribution in [3.05, 3.63) is 48.0 Å². The first-order valence-electron chi connectivity index (χ1n) is 7.05. The molecule has 1 atom stereocenters. The minimum absolute atomic E-state index is 0.286. The van der Waals surface area contributed by atoms with Gasteiger partial charge < -0.3 is 16.4 Å². The van der Waals surface area contributed by atoms with Crippen LogP contribution in [-0.2, 0) is 9.84 Å². The van der Waals surface area contributed by atoms with Crippen LogP contribution in [0.5, 0.6) is 0 Å². The van der Waals surface area contributed by atoms with Crippen LogP contribution in [0.2, 0.25) is 0 Å². The Morgan fingerprint density at radius 3 is 2.57 bits per heavy atom. The first-order valence-corrected chi connectivity index (χ1v) is 8.94. The predicted molar refractivity (Wildman–Crippen MR) is 91.0 cm³/mol. The smallest absolute Gasteiger partial charge is 0.197 e. The van der Waals surface area contributed by atoms with Gasteiger partial charge in [0.2, 0.25) is 0 Å². The topological polar surface area (TPSA) is 102 Å². The molecule has 6 nitrogen and oxygen atoms in total. The van der Waals surface area contributed by atoms with E-state index in [-0.39, 0.29) is 11.1 Å². The van der Waals surface area contributed by atoms with E-state index in [1.54, 1.807) is 36.2 Å². The van der Waals surface area contributed by atoms with Crippen LogP contribution in [0.25, 0.3) is 11.1 Å². The summed E-state index contributed by atoms with van der Waals surface area (Å²) in [6.45, 7) is 0. The third-order valence-corrected chi connectivity index (χ3v) is 5.12. The lowest BCUT2D eigenvalue weighted by molar-refractivity contribution is 0.375. The summed E-state index contributed by atoms with van der Waals surface area (Å²) in [6.07, 6.45) is 0.826. The molecule has 1 aliphatic heterocycles. The van der Waals surface area contributed by atoms with E-state index in [4.69, 9.17) is 11.5 Å². The number of hydrogen-bond acceptors (Lipinski definition) is 6. The zero-order valence-corrected chi connectivity index (χ0v) is 13.7. The monoisotopic (exact) mass is 330 g/mol. The molecule has 2 aromatic rings. The summed E-state index contributed by atoms with van der Waals surface area (Å²) < 4.78 is 24.0. The lowest BCUT2D eigenvalue weighted by Crippen LogP contribution is -2.42. The van der Waals surface area contributed by atoms with Crippen molar-refractivity contribution in [3.8, 4) is 11.1 Å². The Balaban J connectivity index is 2.18. The lowest BCUT2D eigenvalue weighted by Gasteiger charge is -2.31. The fourth-order valence-corrected chi connectivity index (χ4v) is 3.55. The van der Waals surface area contributed by atoms with E-state index >= 15 is 0 Å². The molecular weight excluding hydrogens is 312 g/mol. The molecule has 1 unspecified atom stereocenters. The molecule has 1 heterocycles. The average molecular weight is 330 g/mol. The van der Waals surface area contributed by atoms with Crippen molar-refractivity contribution >= 4 is 21.5 Å². The van der Waals surface area contributed by atoms with Crippen molar-refractivity contribution in [3.63, 3.8) is 0 Å². The number of guanidine groups is 1. The molecule has 0 radical (unpaired) electrons. The van der Waals surface area contributed by atoms with Crippen molar-refractivity contribution in [2.45, 2.75) is 11.1 Å². The van der Waals surface area contributed by atoms with Crippen LogP contribution in [0.4, 0.5) is 5.69 Å². The molecule has 23 heavy (non-hydrogen) atoms. The molecule has 3 rings (SSSR count). The van der Waals surface area contributed by atoms with Crippen LogP contribution in [-0.4, -0.2) is 32.6 Å². The summed E-state index contributed by atoms with van der Waals surface area (Å²) in [7, 11) is -1.55. The normalized spacial score (nSPS) is 17.6. The van der Waals surface area contributed by atoms with Crippen molar-refractivity contribution < 1.29 is 8.42 Å². The van der Waals surface area contributed by atoms with Crippen LogP contribution in [0.15, 0.2) is 52.4 Å². The van der Waals surface area contributed by atoms with Crippen molar-refractivity contribution in [2.75, 3.05) is 13.3 Å². The molecule has 0 saturated heterocycles. The molecule has 0 aromatic heterocycles. The van der Waals surface area contributed by atoms with Gasteiger partial charge in [0.25, 0.3) is 0 Å². The highest BCUT2D eigenvalue weighted by Crippen LogP contribution is 2.36. The predicted octanol–water partition coefficient (Wildman–Crippen LogP) is 1.61. The van der Waals surface area contributed by atoms with Gasteiger partial charge in [0.1, 0.15) is 6.17 Å². The Morgan fingerprint density at radius 1 is 1.17 bits per heavy atom. The maximum Gasteiger partial charge on any atom is 0.197 e. The van der Waals surface area contributed by atoms with Gasteiger partial charge in [0.15, 0.2) is 15.8 Å². The Morgan fingerprint density at radius 2 is 1.87 bits per heavy atom. The third kappa shape index (κ3) is 2.69. The second-order valence-electron chi connectivity index (χ2n) is 5.57. The van der Waals surface area contributed by atoms with E-state index in [9.17, 15) is 8.42 Å². The molecule has 120 valence electrons. The molecule has 0 amide bonds. The quantitative estimate of drug-likeness (QED) is 0.871. The Bertz CT molecular complexity index is 906. The molecule has 0 saturated carbocycles. The SMILES string of the molecule is CN1C(N)=Nc2cc(-c3ccccc3S(C)(=O)=O)ccc2C1N. The number of nitrogens with two attached hydrogens (primary N) is 2. The van der Waals surface area contributed by atoms with Gasteiger partial charge in [-0.3, -0.25) is 0 Å². The third-order valence-electron chi connectivity index (χ3n) is 3.96. The van der Waals surface area contributed by atoms with Crippen molar-refractivity contribution in [2.24, 2.45) is 16.5 Å². The standard InChI is InChI=1S/C16H18N4O2S/c1-20-15(17)12-8-7-10(9-13(12)19-16(20)18)11-5-3-4-6-14(11)23(2,21)22/h3-9,15H,17H2,1-2H3,(H2,18,19). The number of rotatable bonds is 2. The van der Waals surface area contributed by atoms with Gasteiger partial charge in [-0.2, -0.15) is 0 Å². The van der Waals surface area contributed by atoms with Crippen LogP contribution < -0.4 is 11.5 Å². The average Bonchev–Trinajstić information content (AvgIpc) is 2.51. The summed E-state index contributed by atoms with van der Waals surface area (Å²) >= 11 is 0. The molecule has 4 N–H and O–H groups in total. The van der Waals surface area contributed by atoms with Crippen LogP contribution >= 0.6 is 0 Å². The largest absolute Gasteiger partial charge is 0.369 e. The summed E-state index contributed by atoms with van der Waals surface area (Å²) in [4.78, 5) is 6.32. The second kappa shape index (κ2) is 5.36. The van der Waals surface area contributed by atoms with E-state index in [1.165, 1.54) is 6.26 Å². The number of fused-ring (bicyclic) bond motifs is 1.